The summed E-state index contributed by atoms with van der Waals surface area (Å²) in [7, 11) is 0. The number of hydrogen-bond donors (Lipinski definition) is 1. The van der Waals surface area contributed by atoms with Gasteiger partial charge < -0.3 is 10.2 Å². The van der Waals surface area contributed by atoms with Crippen LogP contribution in [0.2, 0.25) is 0 Å². The number of furan rings is 1. The maximum atomic E-state index is 12.7. The minimum absolute atomic E-state index is 0.183. The van der Waals surface area contributed by atoms with Crippen LogP contribution in [0.3, 0.4) is 0 Å². The lowest BCUT2D eigenvalue weighted by molar-refractivity contribution is 0.122. The van der Waals surface area contributed by atoms with Crippen molar-refractivity contribution in [3.05, 3.63) is 64.2 Å². The Morgan fingerprint density at radius 2 is 1.96 bits per heavy atom. The first-order valence-electron chi connectivity index (χ1n) is 8.00. The van der Waals surface area contributed by atoms with E-state index in [9.17, 15) is 8.78 Å². The minimum atomic E-state index is -2.67. The molecule has 0 aliphatic heterocycles. The molecule has 1 aromatic carbocycles. The maximum Gasteiger partial charge on any atom is 0.295 e. The monoisotopic (exact) mass is 371 g/mol. The predicted molar refractivity (Wildman–Crippen MR) is 98.5 cm³/mol. The topological polar surface area (TPSA) is 64.9 Å². The van der Waals surface area contributed by atoms with Gasteiger partial charge in [0, 0.05) is 11.3 Å². The molecular formula is C19H15F2N3OS. The second-order valence-corrected chi connectivity index (χ2v) is 7.09. The highest BCUT2D eigenvalue weighted by Gasteiger charge is 2.17. The van der Waals surface area contributed by atoms with Gasteiger partial charge in [-0.15, -0.1) is 11.3 Å². The molecule has 3 aromatic heterocycles. The molecule has 0 aliphatic carbocycles. The van der Waals surface area contributed by atoms with Crippen LogP contribution in [0.5, 0.6) is 0 Å². The number of nitrogen functional groups attached to an aromatic ring is 1. The first-order valence-corrected chi connectivity index (χ1v) is 8.81. The molecule has 0 fully saturated rings. The molecule has 7 heteroatoms. The van der Waals surface area contributed by atoms with Crippen LogP contribution in [0, 0.1) is 6.92 Å². The lowest BCUT2D eigenvalue weighted by Gasteiger charge is -2.02. The molecule has 0 saturated heterocycles. The Morgan fingerprint density at radius 3 is 2.69 bits per heavy atom. The van der Waals surface area contributed by atoms with E-state index >= 15 is 0 Å². The number of anilines is 1. The van der Waals surface area contributed by atoms with Gasteiger partial charge in [-0.1, -0.05) is 24.3 Å². The fourth-order valence-electron chi connectivity index (χ4n) is 2.78. The van der Waals surface area contributed by atoms with E-state index in [2.05, 4.69) is 29.0 Å². The summed E-state index contributed by atoms with van der Waals surface area (Å²) in [5.41, 5.74) is 8.52. The lowest BCUT2D eigenvalue weighted by atomic mass is 10.1. The molecule has 4 aromatic rings. The van der Waals surface area contributed by atoms with Crippen molar-refractivity contribution in [1.82, 2.24) is 9.97 Å². The number of benzene rings is 1. The van der Waals surface area contributed by atoms with Crippen molar-refractivity contribution in [1.29, 1.82) is 0 Å². The van der Waals surface area contributed by atoms with Crippen LogP contribution >= 0.6 is 11.3 Å². The summed E-state index contributed by atoms with van der Waals surface area (Å²) in [6.45, 7) is 2.08. The van der Waals surface area contributed by atoms with E-state index in [1.165, 1.54) is 34.6 Å². The van der Waals surface area contributed by atoms with Gasteiger partial charge in [0.1, 0.15) is 10.6 Å². The Labute approximate surface area is 152 Å². The number of alkyl halides is 2. The number of aromatic nitrogens is 2. The third-order valence-electron chi connectivity index (χ3n) is 4.16. The zero-order valence-electron chi connectivity index (χ0n) is 13.9. The smallest absolute Gasteiger partial charge is 0.295 e. The third kappa shape index (κ3) is 3.06. The van der Waals surface area contributed by atoms with Gasteiger partial charge in [-0.05, 0) is 36.2 Å². The molecule has 26 heavy (non-hydrogen) atoms. The van der Waals surface area contributed by atoms with Crippen LogP contribution in [-0.2, 0) is 6.42 Å². The van der Waals surface area contributed by atoms with Crippen LogP contribution in [0.25, 0.3) is 21.8 Å². The Hall–Kier alpha value is -2.80. The number of halogens is 2. The third-order valence-corrected chi connectivity index (χ3v) is 5.19. The van der Waals surface area contributed by atoms with Gasteiger partial charge in [0.15, 0.2) is 17.3 Å². The molecule has 0 unspecified atom stereocenters. The first kappa shape index (κ1) is 16.7. The van der Waals surface area contributed by atoms with Crippen LogP contribution < -0.4 is 5.73 Å². The Kier molecular flexibility index (Phi) is 4.16. The Balaban J connectivity index is 1.72. The van der Waals surface area contributed by atoms with Crippen LogP contribution in [0.1, 0.15) is 28.2 Å². The van der Waals surface area contributed by atoms with Crippen molar-refractivity contribution >= 4 is 27.4 Å². The van der Waals surface area contributed by atoms with E-state index in [4.69, 9.17) is 10.2 Å². The molecule has 0 aliphatic rings. The van der Waals surface area contributed by atoms with Gasteiger partial charge in [-0.3, -0.25) is 0 Å². The van der Waals surface area contributed by atoms with E-state index in [0.717, 1.165) is 16.7 Å². The molecule has 132 valence electrons. The normalized spacial score (nSPS) is 11.5. The van der Waals surface area contributed by atoms with Crippen molar-refractivity contribution in [2.24, 2.45) is 0 Å². The van der Waals surface area contributed by atoms with Gasteiger partial charge in [-0.2, -0.15) is 0 Å². The summed E-state index contributed by atoms with van der Waals surface area (Å²) in [5, 5.41) is 0.767. The van der Waals surface area contributed by atoms with E-state index < -0.39 is 12.2 Å². The Morgan fingerprint density at radius 1 is 1.15 bits per heavy atom. The standard InChI is InChI=1S/C19H15F2N3OS/c1-10-4-2-3-5-11(10)8-12-9-13-17(22)23-18(24-19(13)26-12)15-7-6-14(25-15)16(20)21/h2-7,9,16H,8H2,1H3,(H2,22,23,24). The summed E-state index contributed by atoms with van der Waals surface area (Å²) in [6, 6.07) is 12.8. The second-order valence-electron chi connectivity index (χ2n) is 5.97. The average Bonchev–Trinajstić information content (AvgIpc) is 3.24. The van der Waals surface area contributed by atoms with Crippen LogP contribution in [0.4, 0.5) is 14.6 Å². The predicted octanol–water partition coefficient (Wildman–Crippen LogP) is 5.37. The fourth-order valence-corrected chi connectivity index (χ4v) is 3.84. The largest absolute Gasteiger partial charge is 0.452 e. The molecule has 0 radical (unpaired) electrons. The molecule has 3 heterocycles. The van der Waals surface area contributed by atoms with Gasteiger partial charge in [-0.25, -0.2) is 18.7 Å². The molecule has 0 amide bonds. The van der Waals surface area contributed by atoms with Crippen LogP contribution in [-0.4, -0.2) is 9.97 Å². The number of thiophene rings is 1. The van der Waals surface area contributed by atoms with Gasteiger partial charge >= 0.3 is 0 Å². The number of rotatable bonds is 4. The van der Waals surface area contributed by atoms with Crippen molar-refractivity contribution in [2.45, 2.75) is 19.8 Å². The summed E-state index contributed by atoms with van der Waals surface area (Å²) in [5.74, 6) is 0.301. The number of hydrogen-bond acceptors (Lipinski definition) is 5. The molecule has 0 atom stereocenters. The van der Waals surface area contributed by atoms with E-state index in [0.29, 0.717) is 10.6 Å². The SMILES string of the molecule is Cc1ccccc1Cc1cc2c(N)nc(-c3ccc(C(F)F)o3)nc2s1. The van der Waals surface area contributed by atoms with E-state index in [-0.39, 0.29) is 11.6 Å². The molecule has 0 saturated carbocycles. The highest BCUT2D eigenvalue weighted by Crippen LogP contribution is 2.33. The molecule has 2 N–H and O–H groups in total. The maximum absolute atomic E-state index is 12.7. The number of aryl methyl sites for hydroxylation is 1. The number of nitrogens with zero attached hydrogens (tertiary/aromatic N) is 2. The molecule has 4 nitrogen and oxygen atoms in total. The van der Waals surface area contributed by atoms with Crippen molar-refractivity contribution in [3.63, 3.8) is 0 Å². The minimum Gasteiger partial charge on any atom is -0.452 e. The number of fused-ring (bicyclic) bond motifs is 1. The summed E-state index contributed by atoms with van der Waals surface area (Å²) in [6.07, 6.45) is -1.90. The summed E-state index contributed by atoms with van der Waals surface area (Å²) < 4.78 is 30.6. The lowest BCUT2D eigenvalue weighted by Crippen LogP contribution is -1.95. The van der Waals surface area contributed by atoms with Crippen molar-refractivity contribution < 1.29 is 13.2 Å². The number of nitrogens with two attached hydrogens (primary N) is 1. The average molecular weight is 371 g/mol. The van der Waals surface area contributed by atoms with E-state index in [1.54, 1.807) is 0 Å². The second kappa shape index (κ2) is 6.49. The summed E-state index contributed by atoms with van der Waals surface area (Å²) >= 11 is 1.52. The van der Waals surface area contributed by atoms with Crippen LogP contribution in [0.15, 0.2) is 46.9 Å². The zero-order chi connectivity index (χ0) is 18.3. The first-order chi connectivity index (χ1) is 12.5. The van der Waals surface area contributed by atoms with Gasteiger partial charge in [0.05, 0.1) is 5.39 Å². The van der Waals surface area contributed by atoms with Crippen molar-refractivity contribution in [2.75, 3.05) is 5.73 Å². The van der Waals surface area contributed by atoms with Gasteiger partial charge in [0.25, 0.3) is 6.43 Å². The highest BCUT2D eigenvalue weighted by molar-refractivity contribution is 7.18. The highest BCUT2D eigenvalue weighted by atomic mass is 32.1. The van der Waals surface area contributed by atoms with Crippen molar-refractivity contribution in [3.8, 4) is 11.6 Å². The Bertz CT molecular complexity index is 1090. The molecule has 0 bridgehead atoms. The summed E-state index contributed by atoms with van der Waals surface area (Å²) in [4.78, 5) is 10.5. The zero-order valence-corrected chi connectivity index (χ0v) is 14.7. The van der Waals surface area contributed by atoms with Gasteiger partial charge in [0.2, 0.25) is 0 Å². The fraction of sp³-hybridized carbons (Fsp3) is 0.158. The molecule has 4 rings (SSSR count). The molecule has 0 spiro atoms. The molecular weight excluding hydrogens is 356 g/mol. The quantitative estimate of drug-likeness (QED) is 0.524. The van der Waals surface area contributed by atoms with E-state index in [1.807, 2.05) is 18.2 Å².